The van der Waals surface area contributed by atoms with Gasteiger partial charge in [0.2, 0.25) is 0 Å². The van der Waals surface area contributed by atoms with E-state index >= 15 is 0 Å². The molecule has 0 saturated carbocycles. The molecule has 19 heavy (non-hydrogen) atoms. The van der Waals surface area contributed by atoms with Crippen molar-refractivity contribution in [3.63, 3.8) is 0 Å². The second kappa shape index (κ2) is 7.14. The summed E-state index contributed by atoms with van der Waals surface area (Å²) < 4.78 is 6.23. The SMILES string of the molecule is COCCNC(c1ccc(Br)c(C)c1)c1nccs1. The van der Waals surface area contributed by atoms with Crippen LogP contribution >= 0.6 is 27.3 Å². The molecule has 0 saturated heterocycles. The molecular weight excluding hydrogens is 324 g/mol. The van der Waals surface area contributed by atoms with Crippen molar-refractivity contribution in [2.75, 3.05) is 20.3 Å². The molecular formula is C14H17BrN2OS. The third-order valence-corrected chi connectivity index (χ3v) is 4.60. The van der Waals surface area contributed by atoms with Gasteiger partial charge in [-0.1, -0.05) is 28.1 Å². The van der Waals surface area contributed by atoms with Gasteiger partial charge in [-0.15, -0.1) is 11.3 Å². The molecule has 102 valence electrons. The van der Waals surface area contributed by atoms with Crippen LogP contribution < -0.4 is 5.32 Å². The van der Waals surface area contributed by atoms with Gasteiger partial charge in [-0.2, -0.15) is 0 Å². The van der Waals surface area contributed by atoms with Crippen LogP contribution in [0.25, 0.3) is 0 Å². The Kier molecular flexibility index (Phi) is 5.51. The molecule has 2 aromatic rings. The molecule has 1 N–H and O–H groups in total. The third-order valence-electron chi connectivity index (χ3n) is 2.87. The standard InChI is InChI=1S/C14H17BrN2OS/c1-10-9-11(3-4-12(10)15)13(16-5-7-18-2)14-17-6-8-19-14/h3-4,6,8-9,13,16H,5,7H2,1-2H3. The molecule has 0 fully saturated rings. The maximum atomic E-state index is 5.10. The number of nitrogens with zero attached hydrogens (tertiary/aromatic N) is 1. The molecule has 0 aliphatic rings. The summed E-state index contributed by atoms with van der Waals surface area (Å²) in [6.45, 7) is 3.59. The van der Waals surface area contributed by atoms with Crippen molar-refractivity contribution < 1.29 is 4.74 Å². The van der Waals surface area contributed by atoms with Crippen LogP contribution in [0.4, 0.5) is 0 Å². The van der Waals surface area contributed by atoms with Crippen LogP contribution in [0.1, 0.15) is 22.2 Å². The molecule has 0 aliphatic heterocycles. The Morgan fingerprint density at radius 1 is 1.47 bits per heavy atom. The first-order valence-electron chi connectivity index (χ1n) is 6.10. The monoisotopic (exact) mass is 340 g/mol. The van der Waals surface area contributed by atoms with Crippen LogP contribution in [0.3, 0.4) is 0 Å². The fraction of sp³-hybridized carbons (Fsp3) is 0.357. The Labute approximate surface area is 126 Å². The van der Waals surface area contributed by atoms with Gasteiger partial charge in [0.05, 0.1) is 12.6 Å². The molecule has 0 amide bonds. The summed E-state index contributed by atoms with van der Waals surface area (Å²) in [5, 5.41) is 6.58. The van der Waals surface area contributed by atoms with Crippen LogP contribution in [0.15, 0.2) is 34.2 Å². The lowest BCUT2D eigenvalue weighted by molar-refractivity contribution is 0.197. The topological polar surface area (TPSA) is 34.1 Å². The van der Waals surface area contributed by atoms with E-state index in [4.69, 9.17) is 4.74 Å². The Bertz CT molecular complexity index is 516. The highest BCUT2D eigenvalue weighted by molar-refractivity contribution is 9.10. The van der Waals surface area contributed by atoms with E-state index in [-0.39, 0.29) is 6.04 Å². The quantitative estimate of drug-likeness (QED) is 0.816. The number of hydrogen-bond acceptors (Lipinski definition) is 4. The van der Waals surface area contributed by atoms with Crippen molar-refractivity contribution >= 4 is 27.3 Å². The average molecular weight is 341 g/mol. The molecule has 1 unspecified atom stereocenters. The Balaban J connectivity index is 2.23. The lowest BCUT2D eigenvalue weighted by Gasteiger charge is -2.17. The van der Waals surface area contributed by atoms with E-state index < -0.39 is 0 Å². The fourth-order valence-corrected chi connectivity index (χ4v) is 2.86. The van der Waals surface area contributed by atoms with Gasteiger partial charge in [-0.3, -0.25) is 0 Å². The predicted octanol–water partition coefficient (Wildman–Crippen LogP) is 3.54. The van der Waals surface area contributed by atoms with Crippen molar-refractivity contribution in [3.05, 3.63) is 50.4 Å². The van der Waals surface area contributed by atoms with E-state index in [9.17, 15) is 0 Å². The van der Waals surface area contributed by atoms with E-state index in [1.54, 1.807) is 18.4 Å². The number of hydrogen-bond donors (Lipinski definition) is 1. The molecule has 3 nitrogen and oxygen atoms in total. The number of aryl methyl sites for hydroxylation is 1. The van der Waals surface area contributed by atoms with Gasteiger partial charge in [0, 0.05) is 29.7 Å². The normalized spacial score (nSPS) is 12.6. The molecule has 0 aliphatic carbocycles. The first kappa shape index (κ1) is 14.7. The molecule has 1 aromatic carbocycles. The number of aromatic nitrogens is 1. The number of methoxy groups -OCH3 is 1. The summed E-state index contributed by atoms with van der Waals surface area (Å²) in [7, 11) is 1.71. The minimum Gasteiger partial charge on any atom is -0.383 e. The number of thiazole rings is 1. The zero-order chi connectivity index (χ0) is 13.7. The van der Waals surface area contributed by atoms with Gasteiger partial charge in [0.25, 0.3) is 0 Å². The summed E-state index contributed by atoms with van der Waals surface area (Å²) in [5.74, 6) is 0. The summed E-state index contributed by atoms with van der Waals surface area (Å²) in [5.41, 5.74) is 2.46. The number of rotatable bonds is 6. The molecule has 0 bridgehead atoms. The third kappa shape index (κ3) is 3.86. The van der Waals surface area contributed by atoms with Gasteiger partial charge in [-0.05, 0) is 24.1 Å². The largest absolute Gasteiger partial charge is 0.383 e. The molecule has 1 atom stereocenters. The van der Waals surface area contributed by atoms with E-state index in [2.05, 4.69) is 51.4 Å². The highest BCUT2D eigenvalue weighted by Gasteiger charge is 2.16. The van der Waals surface area contributed by atoms with Gasteiger partial charge in [0.1, 0.15) is 5.01 Å². The van der Waals surface area contributed by atoms with E-state index in [0.717, 1.165) is 16.0 Å². The van der Waals surface area contributed by atoms with Gasteiger partial charge in [-0.25, -0.2) is 4.98 Å². The van der Waals surface area contributed by atoms with Crippen molar-refractivity contribution in [3.8, 4) is 0 Å². The maximum Gasteiger partial charge on any atom is 0.114 e. The number of halogens is 1. The number of nitrogens with one attached hydrogen (secondary N) is 1. The van der Waals surface area contributed by atoms with E-state index in [1.165, 1.54) is 11.1 Å². The van der Waals surface area contributed by atoms with Crippen molar-refractivity contribution in [2.24, 2.45) is 0 Å². The lowest BCUT2D eigenvalue weighted by Crippen LogP contribution is -2.26. The van der Waals surface area contributed by atoms with Crippen molar-refractivity contribution in [1.82, 2.24) is 10.3 Å². The Morgan fingerprint density at radius 2 is 2.32 bits per heavy atom. The molecule has 2 rings (SSSR count). The minimum absolute atomic E-state index is 0.127. The van der Waals surface area contributed by atoms with Crippen molar-refractivity contribution in [2.45, 2.75) is 13.0 Å². The van der Waals surface area contributed by atoms with Crippen LogP contribution in [0.2, 0.25) is 0 Å². The lowest BCUT2D eigenvalue weighted by atomic mass is 10.0. The van der Waals surface area contributed by atoms with Gasteiger partial charge in [0.15, 0.2) is 0 Å². The summed E-state index contributed by atoms with van der Waals surface area (Å²) in [4.78, 5) is 4.43. The number of benzene rings is 1. The van der Waals surface area contributed by atoms with Crippen LogP contribution in [0, 0.1) is 6.92 Å². The Hall–Kier alpha value is -0.750. The van der Waals surface area contributed by atoms with Gasteiger partial charge >= 0.3 is 0 Å². The van der Waals surface area contributed by atoms with E-state index in [1.807, 2.05) is 11.6 Å². The fourth-order valence-electron chi connectivity index (χ4n) is 1.88. The summed E-state index contributed by atoms with van der Waals surface area (Å²) >= 11 is 5.21. The number of ether oxygens (including phenoxy) is 1. The second-order valence-corrected chi connectivity index (χ2v) is 6.04. The minimum atomic E-state index is 0.127. The summed E-state index contributed by atoms with van der Waals surface area (Å²) in [6.07, 6.45) is 1.84. The van der Waals surface area contributed by atoms with Crippen LogP contribution in [-0.4, -0.2) is 25.2 Å². The highest BCUT2D eigenvalue weighted by atomic mass is 79.9. The first-order chi connectivity index (χ1) is 9.22. The second-order valence-electron chi connectivity index (χ2n) is 4.26. The van der Waals surface area contributed by atoms with Crippen LogP contribution in [-0.2, 0) is 4.74 Å². The molecule has 1 aromatic heterocycles. The smallest absolute Gasteiger partial charge is 0.114 e. The van der Waals surface area contributed by atoms with Crippen LogP contribution in [0.5, 0.6) is 0 Å². The zero-order valence-corrected chi connectivity index (χ0v) is 13.4. The maximum absolute atomic E-state index is 5.10. The molecule has 0 spiro atoms. The molecule has 0 radical (unpaired) electrons. The predicted molar refractivity (Wildman–Crippen MR) is 82.7 cm³/mol. The van der Waals surface area contributed by atoms with Crippen molar-refractivity contribution in [1.29, 1.82) is 0 Å². The first-order valence-corrected chi connectivity index (χ1v) is 7.77. The highest BCUT2D eigenvalue weighted by Crippen LogP contribution is 2.27. The Morgan fingerprint density at radius 3 is 2.95 bits per heavy atom. The van der Waals surface area contributed by atoms with Gasteiger partial charge < -0.3 is 10.1 Å². The zero-order valence-electron chi connectivity index (χ0n) is 11.0. The summed E-state index contributed by atoms with van der Waals surface area (Å²) in [6, 6.07) is 6.53. The average Bonchev–Trinajstić information content (AvgIpc) is 2.92. The molecule has 1 heterocycles. The van der Waals surface area contributed by atoms with E-state index in [0.29, 0.717) is 6.61 Å². The molecule has 5 heteroatoms.